The summed E-state index contributed by atoms with van der Waals surface area (Å²) in [6.07, 6.45) is 0. The fourth-order valence-electron chi connectivity index (χ4n) is 1.31. The van der Waals surface area contributed by atoms with Crippen LogP contribution < -0.4 is 15.2 Å². The first kappa shape index (κ1) is 13.3. The summed E-state index contributed by atoms with van der Waals surface area (Å²) in [7, 11) is 3.26. The lowest BCUT2D eigenvalue weighted by atomic mass is 10.3. The second kappa shape index (κ2) is 6.75. The first-order valence-electron chi connectivity index (χ1n) is 5.39. The van der Waals surface area contributed by atoms with Gasteiger partial charge in [-0.3, -0.25) is 4.79 Å². The summed E-state index contributed by atoms with van der Waals surface area (Å²) in [6, 6.07) is 7.21. The zero-order valence-electron chi connectivity index (χ0n) is 10.2. The Morgan fingerprint density at radius 3 is 2.59 bits per heavy atom. The van der Waals surface area contributed by atoms with E-state index in [1.165, 1.54) is 4.90 Å². The van der Waals surface area contributed by atoms with E-state index in [0.717, 1.165) is 0 Å². The van der Waals surface area contributed by atoms with Crippen LogP contribution in [0, 0.1) is 0 Å². The average Bonchev–Trinajstić information content (AvgIpc) is 2.36. The van der Waals surface area contributed by atoms with Crippen molar-refractivity contribution in [1.29, 1.82) is 0 Å². The third-order valence-electron chi connectivity index (χ3n) is 2.31. The van der Waals surface area contributed by atoms with E-state index < -0.39 is 0 Å². The van der Waals surface area contributed by atoms with Crippen molar-refractivity contribution in [3.63, 3.8) is 0 Å². The van der Waals surface area contributed by atoms with Gasteiger partial charge in [0.2, 0.25) is 0 Å². The lowest BCUT2D eigenvalue weighted by Gasteiger charge is -2.16. The minimum Gasteiger partial charge on any atom is -0.493 e. The van der Waals surface area contributed by atoms with Crippen molar-refractivity contribution in [2.24, 2.45) is 5.73 Å². The van der Waals surface area contributed by atoms with E-state index in [0.29, 0.717) is 24.6 Å². The quantitative estimate of drug-likeness (QED) is 0.783. The second-order valence-corrected chi connectivity index (χ2v) is 3.54. The third kappa shape index (κ3) is 3.96. The number of nitrogens with zero attached hydrogens (tertiary/aromatic N) is 1. The smallest absolute Gasteiger partial charge is 0.260 e. The van der Waals surface area contributed by atoms with Crippen molar-refractivity contribution in [3.8, 4) is 11.5 Å². The molecule has 5 heteroatoms. The maximum absolute atomic E-state index is 11.6. The van der Waals surface area contributed by atoms with Gasteiger partial charge in [-0.05, 0) is 12.1 Å². The molecule has 0 aliphatic heterocycles. The van der Waals surface area contributed by atoms with Crippen molar-refractivity contribution >= 4 is 5.91 Å². The molecule has 0 spiro atoms. The molecule has 1 rings (SSSR count). The molecular weight excluding hydrogens is 220 g/mol. The summed E-state index contributed by atoms with van der Waals surface area (Å²) in [6.45, 7) is 0.946. The number of hydrogen-bond acceptors (Lipinski definition) is 4. The summed E-state index contributed by atoms with van der Waals surface area (Å²) in [4.78, 5) is 13.1. The van der Waals surface area contributed by atoms with Gasteiger partial charge in [-0.1, -0.05) is 12.1 Å². The molecule has 94 valence electrons. The van der Waals surface area contributed by atoms with Crippen LogP contribution in [0.3, 0.4) is 0 Å². The number of rotatable bonds is 6. The SMILES string of the molecule is COc1ccccc1OCC(=O)N(C)CCN. The molecule has 0 aromatic heterocycles. The normalized spacial score (nSPS) is 9.82. The van der Waals surface area contributed by atoms with E-state index in [4.69, 9.17) is 15.2 Å². The molecule has 5 nitrogen and oxygen atoms in total. The lowest BCUT2D eigenvalue weighted by Crippen LogP contribution is -2.35. The topological polar surface area (TPSA) is 64.8 Å². The molecule has 0 aliphatic carbocycles. The molecule has 0 unspecified atom stereocenters. The molecule has 1 aromatic carbocycles. The molecule has 2 N–H and O–H groups in total. The molecule has 0 heterocycles. The third-order valence-corrected chi connectivity index (χ3v) is 2.31. The number of para-hydroxylation sites is 2. The number of ether oxygens (including phenoxy) is 2. The summed E-state index contributed by atoms with van der Waals surface area (Å²) < 4.78 is 10.5. The highest BCUT2D eigenvalue weighted by atomic mass is 16.5. The van der Waals surface area contributed by atoms with Gasteiger partial charge >= 0.3 is 0 Å². The predicted molar refractivity (Wildman–Crippen MR) is 65.2 cm³/mol. The minimum atomic E-state index is -0.110. The molecular formula is C12H18N2O3. The molecule has 0 saturated carbocycles. The average molecular weight is 238 g/mol. The van der Waals surface area contributed by atoms with Gasteiger partial charge in [0.15, 0.2) is 18.1 Å². The van der Waals surface area contributed by atoms with Gasteiger partial charge in [0.1, 0.15) is 0 Å². The minimum absolute atomic E-state index is 0.0170. The van der Waals surface area contributed by atoms with Crippen LogP contribution in [0.25, 0.3) is 0 Å². The Morgan fingerprint density at radius 2 is 2.00 bits per heavy atom. The van der Waals surface area contributed by atoms with Crippen LogP contribution in [0.5, 0.6) is 11.5 Å². The molecule has 1 amide bonds. The first-order valence-corrected chi connectivity index (χ1v) is 5.39. The van der Waals surface area contributed by atoms with Crippen molar-refractivity contribution in [3.05, 3.63) is 24.3 Å². The molecule has 0 radical (unpaired) electrons. The molecule has 0 aliphatic rings. The highest BCUT2D eigenvalue weighted by Gasteiger charge is 2.10. The van der Waals surface area contributed by atoms with Gasteiger partial charge in [-0.2, -0.15) is 0 Å². The summed E-state index contributed by atoms with van der Waals surface area (Å²) in [5.41, 5.74) is 5.37. The zero-order chi connectivity index (χ0) is 12.7. The number of methoxy groups -OCH3 is 1. The molecule has 17 heavy (non-hydrogen) atoms. The van der Waals surface area contributed by atoms with E-state index in [1.54, 1.807) is 26.3 Å². The Hall–Kier alpha value is -1.75. The highest BCUT2D eigenvalue weighted by molar-refractivity contribution is 5.77. The standard InChI is InChI=1S/C12H18N2O3/c1-14(8-7-13)12(15)9-17-11-6-4-3-5-10(11)16-2/h3-6H,7-9,13H2,1-2H3. The van der Waals surface area contributed by atoms with Gasteiger partial charge in [0.05, 0.1) is 7.11 Å². The monoisotopic (exact) mass is 238 g/mol. The predicted octanol–water partition coefficient (Wildman–Crippen LogP) is 0.491. The van der Waals surface area contributed by atoms with Gasteiger partial charge in [0, 0.05) is 20.1 Å². The van der Waals surface area contributed by atoms with E-state index in [-0.39, 0.29) is 12.5 Å². The number of nitrogens with two attached hydrogens (primary N) is 1. The summed E-state index contributed by atoms with van der Waals surface area (Å²) in [5.74, 6) is 1.06. The summed E-state index contributed by atoms with van der Waals surface area (Å²) >= 11 is 0. The van der Waals surface area contributed by atoms with Gasteiger partial charge in [-0.15, -0.1) is 0 Å². The van der Waals surface area contributed by atoms with Crippen LogP contribution in [-0.2, 0) is 4.79 Å². The van der Waals surface area contributed by atoms with E-state index in [1.807, 2.05) is 12.1 Å². The van der Waals surface area contributed by atoms with E-state index >= 15 is 0 Å². The Labute approximate surface area is 101 Å². The Kier molecular flexibility index (Phi) is 5.29. The maximum Gasteiger partial charge on any atom is 0.260 e. The number of hydrogen-bond donors (Lipinski definition) is 1. The van der Waals surface area contributed by atoms with Crippen LogP contribution in [0.15, 0.2) is 24.3 Å². The molecule has 0 saturated heterocycles. The molecule has 0 atom stereocenters. The number of likely N-dealkylation sites (N-methyl/N-ethyl adjacent to an activating group) is 1. The second-order valence-electron chi connectivity index (χ2n) is 3.54. The van der Waals surface area contributed by atoms with Gasteiger partial charge in [0.25, 0.3) is 5.91 Å². The Balaban J connectivity index is 2.52. The van der Waals surface area contributed by atoms with Crippen LogP contribution in [-0.4, -0.2) is 44.7 Å². The van der Waals surface area contributed by atoms with E-state index in [9.17, 15) is 4.79 Å². The fourth-order valence-corrected chi connectivity index (χ4v) is 1.31. The first-order chi connectivity index (χ1) is 8.19. The maximum atomic E-state index is 11.6. The largest absolute Gasteiger partial charge is 0.493 e. The van der Waals surface area contributed by atoms with Gasteiger partial charge < -0.3 is 20.1 Å². The Morgan fingerprint density at radius 1 is 1.35 bits per heavy atom. The summed E-state index contributed by atoms with van der Waals surface area (Å²) in [5, 5.41) is 0. The van der Waals surface area contributed by atoms with Crippen LogP contribution in [0.2, 0.25) is 0 Å². The highest BCUT2D eigenvalue weighted by Crippen LogP contribution is 2.25. The molecule has 0 fully saturated rings. The Bertz CT molecular complexity index is 369. The molecule has 0 bridgehead atoms. The van der Waals surface area contributed by atoms with Crippen LogP contribution in [0.1, 0.15) is 0 Å². The number of carbonyl (C=O) groups is 1. The van der Waals surface area contributed by atoms with Crippen molar-refractivity contribution < 1.29 is 14.3 Å². The van der Waals surface area contributed by atoms with Crippen molar-refractivity contribution in [2.75, 3.05) is 33.9 Å². The molecule has 1 aromatic rings. The fraction of sp³-hybridized carbons (Fsp3) is 0.417. The van der Waals surface area contributed by atoms with Crippen LogP contribution in [0.4, 0.5) is 0 Å². The van der Waals surface area contributed by atoms with Crippen molar-refractivity contribution in [2.45, 2.75) is 0 Å². The van der Waals surface area contributed by atoms with E-state index in [2.05, 4.69) is 0 Å². The zero-order valence-corrected chi connectivity index (χ0v) is 10.2. The number of benzene rings is 1. The van der Waals surface area contributed by atoms with Crippen molar-refractivity contribution in [1.82, 2.24) is 4.90 Å². The lowest BCUT2D eigenvalue weighted by molar-refractivity contribution is -0.131. The van der Waals surface area contributed by atoms with Crippen LogP contribution >= 0.6 is 0 Å². The van der Waals surface area contributed by atoms with Gasteiger partial charge in [-0.25, -0.2) is 0 Å². The number of amides is 1. The number of carbonyl (C=O) groups excluding carboxylic acids is 1.